The van der Waals surface area contributed by atoms with Crippen LogP contribution >= 0.6 is 0 Å². The lowest BCUT2D eigenvalue weighted by Crippen LogP contribution is -2.36. The van der Waals surface area contributed by atoms with Gasteiger partial charge >= 0.3 is 0 Å². The Hall–Kier alpha value is -2.89. The van der Waals surface area contributed by atoms with Gasteiger partial charge in [-0.3, -0.25) is 4.79 Å². The highest BCUT2D eigenvalue weighted by Crippen LogP contribution is 2.41. The number of aryl methyl sites for hydroxylation is 3. The lowest BCUT2D eigenvalue weighted by atomic mass is 9.74. The van der Waals surface area contributed by atoms with Crippen LogP contribution in [0.25, 0.3) is 5.69 Å². The summed E-state index contributed by atoms with van der Waals surface area (Å²) in [5.41, 5.74) is 6.57. The third kappa shape index (κ3) is 4.04. The van der Waals surface area contributed by atoms with Crippen LogP contribution in [0, 0.1) is 26.2 Å². The third-order valence-corrected chi connectivity index (χ3v) is 6.08. The van der Waals surface area contributed by atoms with Crippen molar-refractivity contribution in [2.24, 2.45) is 5.41 Å². The topological polar surface area (TPSA) is 73.0 Å². The molecule has 1 aliphatic rings. The van der Waals surface area contributed by atoms with E-state index in [-0.39, 0.29) is 17.4 Å². The minimum atomic E-state index is -0.0277. The normalized spacial score (nSPS) is 17.6. The Morgan fingerprint density at radius 3 is 2.63 bits per heavy atom. The van der Waals surface area contributed by atoms with E-state index in [1.165, 1.54) is 11.3 Å². The van der Waals surface area contributed by atoms with E-state index in [0.29, 0.717) is 12.8 Å². The Morgan fingerprint density at radius 2 is 1.97 bits per heavy atom. The molecule has 0 saturated heterocycles. The van der Waals surface area contributed by atoms with Crippen LogP contribution in [0.2, 0.25) is 0 Å². The molecule has 3 aromatic rings. The van der Waals surface area contributed by atoms with Crippen LogP contribution in [-0.2, 0) is 17.6 Å². The fourth-order valence-electron chi connectivity index (χ4n) is 4.44. The molecule has 1 N–H and O–H groups in total. The standard InChI is InChI=1S/C24H30N4O2/c1-15-6-8-18(9-7-15)28-22-13-24(4,5)12-21(20(22)14-25-28)26-23(29)11-10-19-16(2)27-30-17(19)3/h6-9,14,21H,10-13H2,1-5H3,(H,26,29)/t21-/m1/s1. The molecule has 2 heterocycles. The van der Waals surface area contributed by atoms with E-state index in [0.717, 1.165) is 41.1 Å². The first kappa shape index (κ1) is 20.4. The van der Waals surface area contributed by atoms with E-state index in [2.05, 4.69) is 60.6 Å². The van der Waals surface area contributed by atoms with E-state index >= 15 is 0 Å². The Balaban J connectivity index is 1.53. The minimum absolute atomic E-state index is 0.0277. The van der Waals surface area contributed by atoms with Crippen molar-refractivity contribution >= 4 is 5.91 Å². The zero-order valence-electron chi connectivity index (χ0n) is 18.5. The van der Waals surface area contributed by atoms with Gasteiger partial charge in [0.05, 0.1) is 29.3 Å². The summed E-state index contributed by atoms with van der Waals surface area (Å²) in [6, 6.07) is 8.37. The summed E-state index contributed by atoms with van der Waals surface area (Å²) in [6.07, 6.45) is 4.81. The average molecular weight is 407 g/mol. The molecule has 1 amide bonds. The third-order valence-electron chi connectivity index (χ3n) is 6.08. The molecule has 6 heteroatoms. The second-order valence-corrected chi connectivity index (χ2v) is 9.26. The SMILES string of the molecule is Cc1ccc(-n2ncc3c2CC(C)(C)C[C@H]3NC(=O)CCc2c(C)noc2C)cc1. The van der Waals surface area contributed by atoms with Gasteiger partial charge in [0.1, 0.15) is 5.76 Å². The first-order chi connectivity index (χ1) is 14.2. The van der Waals surface area contributed by atoms with Crippen LogP contribution in [-0.4, -0.2) is 20.8 Å². The molecule has 0 unspecified atom stereocenters. The van der Waals surface area contributed by atoms with Crippen LogP contribution in [0.1, 0.15) is 66.6 Å². The first-order valence-electron chi connectivity index (χ1n) is 10.6. The largest absolute Gasteiger partial charge is 0.361 e. The summed E-state index contributed by atoms with van der Waals surface area (Å²) in [5, 5.41) is 11.9. The highest BCUT2D eigenvalue weighted by molar-refractivity contribution is 5.77. The molecule has 1 aromatic carbocycles. The summed E-state index contributed by atoms with van der Waals surface area (Å²) in [6.45, 7) is 10.4. The van der Waals surface area contributed by atoms with Crippen LogP contribution in [0.3, 0.4) is 0 Å². The smallest absolute Gasteiger partial charge is 0.220 e. The van der Waals surface area contributed by atoms with Gasteiger partial charge in [-0.2, -0.15) is 5.10 Å². The van der Waals surface area contributed by atoms with Gasteiger partial charge in [-0.1, -0.05) is 36.7 Å². The Morgan fingerprint density at radius 1 is 1.23 bits per heavy atom. The van der Waals surface area contributed by atoms with Gasteiger partial charge in [0, 0.05) is 17.5 Å². The van der Waals surface area contributed by atoms with Gasteiger partial charge in [-0.05, 0) is 57.6 Å². The summed E-state index contributed by atoms with van der Waals surface area (Å²) in [7, 11) is 0. The average Bonchev–Trinajstić information content (AvgIpc) is 3.23. The number of carbonyl (C=O) groups is 1. The summed E-state index contributed by atoms with van der Waals surface area (Å²) >= 11 is 0. The van der Waals surface area contributed by atoms with Crippen molar-refractivity contribution in [3.8, 4) is 5.69 Å². The second-order valence-electron chi connectivity index (χ2n) is 9.26. The Kier molecular flexibility index (Phi) is 5.26. The molecule has 0 radical (unpaired) electrons. The number of rotatable bonds is 5. The van der Waals surface area contributed by atoms with Gasteiger partial charge in [0.2, 0.25) is 5.91 Å². The molecule has 158 valence electrons. The lowest BCUT2D eigenvalue weighted by molar-refractivity contribution is -0.122. The number of hydrogen-bond donors (Lipinski definition) is 1. The molecule has 1 atom stereocenters. The number of nitrogens with zero attached hydrogens (tertiary/aromatic N) is 3. The van der Waals surface area contributed by atoms with Gasteiger partial charge < -0.3 is 9.84 Å². The van der Waals surface area contributed by atoms with Crippen molar-refractivity contribution in [2.45, 2.75) is 66.3 Å². The molecule has 6 nitrogen and oxygen atoms in total. The quantitative estimate of drug-likeness (QED) is 0.675. The maximum absolute atomic E-state index is 12.8. The van der Waals surface area contributed by atoms with Crippen molar-refractivity contribution < 1.29 is 9.32 Å². The lowest BCUT2D eigenvalue weighted by Gasteiger charge is -2.36. The molecule has 30 heavy (non-hydrogen) atoms. The summed E-state index contributed by atoms with van der Waals surface area (Å²) < 4.78 is 7.24. The van der Waals surface area contributed by atoms with Crippen LogP contribution in [0.5, 0.6) is 0 Å². The first-order valence-corrected chi connectivity index (χ1v) is 10.6. The van der Waals surface area contributed by atoms with Crippen molar-refractivity contribution in [3.05, 3.63) is 64.3 Å². The Bertz CT molecular complexity index is 1040. The van der Waals surface area contributed by atoms with Crippen LogP contribution in [0.4, 0.5) is 0 Å². The number of aromatic nitrogens is 3. The molecule has 0 aliphatic heterocycles. The highest BCUT2D eigenvalue weighted by atomic mass is 16.5. The fraction of sp³-hybridized carbons (Fsp3) is 0.458. The van der Waals surface area contributed by atoms with Crippen molar-refractivity contribution in [3.63, 3.8) is 0 Å². The predicted octanol–water partition coefficient (Wildman–Crippen LogP) is 4.55. The van der Waals surface area contributed by atoms with E-state index in [9.17, 15) is 4.79 Å². The maximum atomic E-state index is 12.8. The minimum Gasteiger partial charge on any atom is -0.361 e. The zero-order valence-corrected chi connectivity index (χ0v) is 18.5. The van der Waals surface area contributed by atoms with Gasteiger partial charge in [0.15, 0.2) is 0 Å². The van der Waals surface area contributed by atoms with Crippen LogP contribution < -0.4 is 5.32 Å². The van der Waals surface area contributed by atoms with Crippen molar-refractivity contribution in [2.75, 3.05) is 0 Å². The molecule has 2 aromatic heterocycles. The van der Waals surface area contributed by atoms with Gasteiger partial charge in [-0.15, -0.1) is 0 Å². The zero-order chi connectivity index (χ0) is 21.5. The molecule has 4 rings (SSSR count). The molecule has 0 fully saturated rings. The molecule has 0 spiro atoms. The second kappa shape index (κ2) is 7.74. The number of hydrogen-bond acceptors (Lipinski definition) is 4. The van der Waals surface area contributed by atoms with Crippen molar-refractivity contribution in [1.29, 1.82) is 0 Å². The van der Waals surface area contributed by atoms with Crippen LogP contribution in [0.15, 0.2) is 35.0 Å². The van der Waals surface area contributed by atoms with Crippen molar-refractivity contribution in [1.82, 2.24) is 20.3 Å². The van der Waals surface area contributed by atoms with E-state index < -0.39 is 0 Å². The number of fused-ring (bicyclic) bond motifs is 1. The van der Waals surface area contributed by atoms with Gasteiger partial charge in [-0.25, -0.2) is 4.68 Å². The molecule has 1 aliphatic carbocycles. The molecule has 0 bridgehead atoms. The number of nitrogens with one attached hydrogen (secondary N) is 1. The summed E-state index contributed by atoms with van der Waals surface area (Å²) in [4.78, 5) is 12.8. The predicted molar refractivity (Wildman–Crippen MR) is 116 cm³/mol. The fourth-order valence-corrected chi connectivity index (χ4v) is 4.44. The Labute approximate surface area is 177 Å². The number of carbonyl (C=O) groups excluding carboxylic acids is 1. The van der Waals surface area contributed by atoms with E-state index in [1.54, 1.807) is 0 Å². The number of benzene rings is 1. The van der Waals surface area contributed by atoms with E-state index in [1.807, 2.05) is 24.7 Å². The molecular formula is C24H30N4O2. The summed E-state index contributed by atoms with van der Waals surface area (Å²) in [5.74, 6) is 0.840. The highest BCUT2D eigenvalue weighted by Gasteiger charge is 2.36. The number of amides is 1. The molecular weight excluding hydrogens is 376 g/mol. The van der Waals surface area contributed by atoms with Gasteiger partial charge in [0.25, 0.3) is 0 Å². The molecule has 0 saturated carbocycles. The maximum Gasteiger partial charge on any atom is 0.220 e. The monoisotopic (exact) mass is 406 g/mol. The van der Waals surface area contributed by atoms with E-state index in [4.69, 9.17) is 4.52 Å².